The summed E-state index contributed by atoms with van der Waals surface area (Å²) in [5.41, 5.74) is 3.29. The Kier molecular flexibility index (Phi) is 7.53. The number of fused-ring (bicyclic) bond motifs is 3. The maximum Gasteiger partial charge on any atom is 0.193 e. The van der Waals surface area contributed by atoms with E-state index in [4.69, 9.17) is 14.5 Å². The van der Waals surface area contributed by atoms with Gasteiger partial charge in [0.25, 0.3) is 0 Å². The molecule has 1 aliphatic heterocycles. The molecule has 0 bridgehead atoms. The van der Waals surface area contributed by atoms with Gasteiger partial charge in [0.05, 0.1) is 29.3 Å². The highest BCUT2D eigenvalue weighted by Gasteiger charge is 2.34. The molecule has 7 heteroatoms. The number of aryl methyl sites for hydroxylation is 1. The average Bonchev–Trinajstić information content (AvgIpc) is 2.63. The van der Waals surface area contributed by atoms with Gasteiger partial charge in [0.15, 0.2) is 11.2 Å². The number of ether oxygens (including phenoxy) is 2. The first-order valence-electron chi connectivity index (χ1n) is 10.0. The van der Waals surface area contributed by atoms with Crippen molar-refractivity contribution in [1.82, 2.24) is 9.55 Å². The monoisotopic (exact) mass is 432 g/mol. The van der Waals surface area contributed by atoms with E-state index in [1.165, 1.54) is 6.92 Å². The molecule has 164 valence electrons. The van der Waals surface area contributed by atoms with Crippen molar-refractivity contribution in [3.8, 4) is 17.1 Å². The van der Waals surface area contributed by atoms with Crippen LogP contribution in [0.5, 0.6) is 5.75 Å². The van der Waals surface area contributed by atoms with E-state index in [-0.39, 0.29) is 41.7 Å². The highest BCUT2D eigenvalue weighted by atomic mass is 32.1. The van der Waals surface area contributed by atoms with Gasteiger partial charge in [0.1, 0.15) is 5.75 Å². The third-order valence-corrected chi connectivity index (χ3v) is 5.45. The topological polar surface area (TPSA) is 70.4 Å². The lowest BCUT2D eigenvalue weighted by Crippen LogP contribution is -2.33. The van der Waals surface area contributed by atoms with Crippen molar-refractivity contribution in [2.24, 2.45) is 5.41 Å². The van der Waals surface area contributed by atoms with Crippen LogP contribution in [0.4, 0.5) is 0 Å². The number of aromatic nitrogens is 2. The summed E-state index contributed by atoms with van der Waals surface area (Å²) >= 11 is 0. The quantitative estimate of drug-likeness (QED) is 0.508. The molecule has 2 aromatic heterocycles. The smallest absolute Gasteiger partial charge is 0.193 e. The maximum atomic E-state index is 12.6. The molecular weight excluding hydrogens is 400 g/mol. The molecule has 0 saturated carbocycles. The van der Waals surface area contributed by atoms with Crippen LogP contribution in [0.15, 0.2) is 23.1 Å². The summed E-state index contributed by atoms with van der Waals surface area (Å²) in [7, 11) is 1.68. The molecule has 0 N–H and O–H groups in total. The third kappa shape index (κ3) is 4.78. The Bertz CT molecular complexity index is 992. The summed E-state index contributed by atoms with van der Waals surface area (Å²) in [6.45, 7) is 11.1. The number of methoxy groups -OCH3 is 1. The van der Waals surface area contributed by atoms with Gasteiger partial charge in [-0.05, 0) is 37.3 Å². The number of pyridine rings is 2. The molecule has 30 heavy (non-hydrogen) atoms. The minimum absolute atomic E-state index is 0. The zero-order valence-corrected chi connectivity index (χ0v) is 19.7. The van der Waals surface area contributed by atoms with Crippen molar-refractivity contribution < 1.29 is 14.3 Å². The van der Waals surface area contributed by atoms with Gasteiger partial charge in [-0.25, -0.2) is 4.98 Å². The molecule has 0 aromatic carbocycles. The largest absolute Gasteiger partial charge is 0.492 e. The summed E-state index contributed by atoms with van der Waals surface area (Å²) in [6, 6.07) is 3.70. The van der Waals surface area contributed by atoms with Crippen molar-refractivity contribution in [3.63, 3.8) is 0 Å². The summed E-state index contributed by atoms with van der Waals surface area (Å²) < 4.78 is 13.1. The van der Waals surface area contributed by atoms with E-state index in [0.717, 1.165) is 41.2 Å². The van der Waals surface area contributed by atoms with E-state index in [1.807, 2.05) is 6.92 Å². The van der Waals surface area contributed by atoms with E-state index in [1.54, 1.807) is 19.4 Å². The molecule has 0 unspecified atom stereocenters. The van der Waals surface area contributed by atoms with E-state index < -0.39 is 0 Å². The molecule has 0 fully saturated rings. The van der Waals surface area contributed by atoms with Crippen molar-refractivity contribution >= 4 is 19.3 Å². The van der Waals surface area contributed by atoms with E-state index in [0.29, 0.717) is 13.2 Å². The Labute approximate surface area is 185 Å². The van der Waals surface area contributed by atoms with E-state index in [9.17, 15) is 9.59 Å². The van der Waals surface area contributed by atoms with Crippen LogP contribution < -0.4 is 10.2 Å². The van der Waals surface area contributed by atoms with Crippen molar-refractivity contribution in [2.45, 2.75) is 53.5 Å². The van der Waals surface area contributed by atoms with Crippen LogP contribution in [0.25, 0.3) is 11.4 Å². The van der Waals surface area contributed by atoms with Gasteiger partial charge in [-0.1, -0.05) is 20.8 Å². The lowest BCUT2D eigenvalue weighted by atomic mass is 9.79. The van der Waals surface area contributed by atoms with Crippen LogP contribution in [0.3, 0.4) is 0 Å². The second-order valence-corrected chi connectivity index (χ2v) is 8.76. The summed E-state index contributed by atoms with van der Waals surface area (Å²) in [6.07, 6.45) is 3.28. The molecule has 0 radical (unpaired) electrons. The number of nitrogens with zero attached hydrogens (tertiary/aromatic N) is 2. The first kappa shape index (κ1) is 24.2. The van der Waals surface area contributed by atoms with Crippen molar-refractivity contribution in [1.29, 1.82) is 0 Å². The van der Waals surface area contributed by atoms with Gasteiger partial charge in [-0.2, -0.15) is 13.5 Å². The lowest BCUT2D eigenvalue weighted by molar-refractivity contribution is 0.101. The zero-order valence-electron chi connectivity index (χ0n) is 18.7. The van der Waals surface area contributed by atoms with Crippen LogP contribution in [0.1, 0.15) is 61.8 Å². The fourth-order valence-corrected chi connectivity index (χ4v) is 3.83. The van der Waals surface area contributed by atoms with Gasteiger partial charge < -0.3 is 14.0 Å². The minimum Gasteiger partial charge on any atom is -0.492 e. The number of carbonyl (C=O) groups is 1. The molecule has 1 atom stereocenters. The van der Waals surface area contributed by atoms with Crippen LogP contribution >= 0.6 is 13.5 Å². The summed E-state index contributed by atoms with van der Waals surface area (Å²) in [5, 5.41) is 0. The maximum absolute atomic E-state index is 12.6. The number of rotatable bonds is 6. The Morgan fingerprint density at radius 1 is 1.27 bits per heavy atom. The predicted octanol–water partition coefficient (Wildman–Crippen LogP) is 4.09. The molecular formula is C23H32N2O4S. The Balaban J connectivity index is 0.00000320. The number of Topliss-reactive ketones (excluding diaryl/α,β-unsaturated/α-hetero) is 1. The standard InChI is InChI=1S/C23H30N2O4.H2S/c1-14-20(29-9-7-8-28-6)10-16-11-21(23(3,4)5)25-13-17(15(2)26)19(27)12-18(25)22(16)24-14;/h10,12-13,21H,7-9,11H2,1-6H3;1H2/t21-;/m0./s1. The lowest BCUT2D eigenvalue weighted by Gasteiger charge is -2.38. The third-order valence-electron chi connectivity index (χ3n) is 5.45. The fraction of sp³-hybridized carbons (Fsp3) is 0.522. The van der Waals surface area contributed by atoms with Crippen LogP contribution in [0.2, 0.25) is 0 Å². The van der Waals surface area contributed by atoms with Gasteiger partial charge >= 0.3 is 0 Å². The molecule has 0 spiro atoms. The molecule has 6 nitrogen and oxygen atoms in total. The van der Waals surface area contributed by atoms with Gasteiger partial charge in [0, 0.05) is 38.4 Å². The van der Waals surface area contributed by atoms with Gasteiger partial charge in [0.2, 0.25) is 0 Å². The second-order valence-electron chi connectivity index (χ2n) is 8.76. The zero-order chi connectivity index (χ0) is 21.3. The molecule has 2 aromatic rings. The van der Waals surface area contributed by atoms with E-state index >= 15 is 0 Å². The highest BCUT2D eigenvalue weighted by molar-refractivity contribution is 7.59. The Morgan fingerprint density at radius 2 is 1.97 bits per heavy atom. The molecule has 0 aliphatic carbocycles. The highest BCUT2D eigenvalue weighted by Crippen LogP contribution is 2.42. The average molecular weight is 433 g/mol. The van der Waals surface area contributed by atoms with Gasteiger partial charge in [-0.3, -0.25) is 9.59 Å². The van der Waals surface area contributed by atoms with Crippen LogP contribution in [-0.2, 0) is 11.2 Å². The Hall–Kier alpha value is -2.12. The van der Waals surface area contributed by atoms with Gasteiger partial charge in [-0.15, -0.1) is 0 Å². The normalized spacial score (nSPS) is 15.1. The number of carbonyl (C=O) groups excluding carboxylic acids is 1. The Morgan fingerprint density at radius 3 is 2.57 bits per heavy atom. The molecule has 1 aliphatic rings. The first-order chi connectivity index (χ1) is 13.6. The van der Waals surface area contributed by atoms with Crippen LogP contribution in [0, 0.1) is 12.3 Å². The first-order valence-corrected chi connectivity index (χ1v) is 10.0. The minimum atomic E-state index is -0.261. The fourth-order valence-electron chi connectivity index (χ4n) is 3.83. The summed E-state index contributed by atoms with van der Waals surface area (Å²) in [5.74, 6) is 0.552. The molecule has 0 saturated heterocycles. The summed E-state index contributed by atoms with van der Waals surface area (Å²) in [4.78, 5) is 29.3. The van der Waals surface area contributed by atoms with Crippen molar-refractivity contribution in [2.75, 3.05) is 20.3 Å². The van der Waals surface area contributed by atoms with Crippen molar-refractivity contribution in [3.05, 3.63) is 45.4 Å². The van der Waals surface area contributed by atoms with E-state index in [2.05, 4.69) is 31.4 Å². The number of hydrogen-bond acceptors (Lipinski definition) is 5. The second kappa shape index (κ2) is 9.35. The number of hydrogen-bond donors (Lipinski definition) is 0. The molecule has 3 heterocycles. The predicted molar refractivity (Wildman–Crippen MR) is 123 cm³/mol. The van der Waals surface area contributed by atoms with Crippen LogP contribution in [-0.4, -0.2) is 35.7 Å². The molecule has 0 amide bonds. The molecule has 3 rings (SSSR count). The SMILES string of the molecule is COCCCOc1cc2c(nc1C)-c1cc(=O)c(C(C)=O)cn1[C@H](C(C)(C)C)C2.S. The number of ketones is 1.